The number of carbonyl (C=O) groups is 2. The molecule has 0 N–H and O–H groups in total. The summed E-state index contributed by atoms with van der Waals surface area (Å²) in [4.78, 5) is 30.1. The Balaban J connectivity index is 1.87. The van der Waals surface area contributed by atoms with Gasteiger partial charge in [0, 0.05) is 20.4 Å². The molecule has 0 bridgehead atoms. The van der Waals surface area contributed by atoms with Crippen LogP contribution in [0.4, 0.5) is 0 Å². The highest BCUT2D eigenvalue weighted by Gasteiger charge is 2.37. The summed E-state index contributed by atoms with van der Waals surface area (Å²) in [6.07, 6.45) is 0.200. The van der Waals surface area contributed by atoms with Crippen molar-refractivity contribution in [3.63, 3.8) is 0 Å². The maximum absolute atomic E-state index is 13.0. The van der Waals surface area contributed by atoms with E-state index in [-0.39, 0.29) is 18.0 Å². The van der Waals surface area contributed by atoms with E-state index >= 15 is 0 Å². The lowest BCUT2D eigenvalue weighted by atomic mass is 9.80. The first-order valence-corrected chi connectivity index (χ1v) is 8.91. The molecular weight excluding hydrogens is 437 g/mol. The Hall–Kier alpha value is -1.79. The van der Waals surface area contributed by atoms with E-state index in [2.05, 4.69) is 27.6 Å². The van der Waals surface area contributed by atoms with Crippen LogP contribution in [0.5, 0.6) is 0 Å². The van der Waals surface area contributed by atoms with E-state index in [1.165, 1.54) is 0 Å². The molecule has 2 aromatic carbocycles. The predicted octanol–water partition coefficient (Wildman–Crippen LogP) is 4.58. The fraction of sp³-hybridized carbons (Fsp3) is 0.105. The molecule has 118 valence electrons. The fourth-order valence-corrected chi connectivity index (χ4v) is 4.10. The van der Waals surface area contributed by atoms with Crippen molar-refractivity contribution in [3.8, 4) is 0 Å². The number of nitrogens with zero attached hydrogens (tertiary/aromatic N) is 1. The third-order valence-electron chi connectivity index (χ3n) is 4.26. The molecule has 1 aromatic heterocycles. The van der Waals surface area contributed by atoms with Crippen molar-refractivity contribution in [2.24, 2.45) is 0 Å². The van der Waals surface area contributed by atoms with Crippen LogP contribution in [0.15, 0.2) is 48.5 Å². The number of para-hydroxylation sites is 1. The van der Waals surface area contributed by atoms with Crippen LogP contribution in [-0.4, -0.2) is 16.6 Å². The van der Waals surface area contributed by atoms with Gasteiger partial charge in [0.25, 0.3) is 0 Å². The normalized spacial score (nSPS) is 17.2. The maximum atomic E-state index is 13.0. The molecule has 1 heterocycles. The molecule has 1 unspecified atom stereocenters. The third-order valence-corrected chi connectivity index (χ3v) is 5.26. The summed E-state index contributed by atoms with van der Waals surface area (Å²) in [7, 11) is 0. The van der Waals surface area contributed by atoms with Gasteiger partial charge in [-0.3, -0.25) is 9.59 Å². The van der Waals surface area contributed by atoms with Crippen LogP contribution in [0.2, 0.25) is 5.02 Å². The van der Waals surface area contributed by atoms with Gasteiger partial charge in [-0.2, -0.15) is 0 Å². The summed E-state index contributed by atoms with van der Waals surface area (Å²) >= 11 is 8.43. The van der Waals surface area contributed by atoms with Crippen molar-refractivity contribution in [1.29, 1.82) is 0 Å². The number of rotatable bonds is 1. The first-order chi connectivity index (χ1) is 11.5. The van der Waals surface area contributed by atoms with Gasteiger partial charge in [0.15, 0.2) is 11.6 Å². The second-order valence-electron chi connectivity index (χ2n) is 5.79. The summed E-state index contributed by atoms with van der Waals surface area (Å²) in [5.74, 6) is -1.27. The topological polar surface area (TPSA) is 47.0 Å². The van der Waals surface area contributed by atoms with Gasteiger partial charge in [-0.1, -0.05) is 35.9 Å². The van der Waals surface area contributed by atoms with Gasteiger partial charge in [0.05, 0.1) is 5.52 Å². The molecule has 3 aromatic rings. The second-order valence-corrected chi connectivity index (χ2v) is 7.45. The molecule has 0 saturated heterocycles. The highest BCUT2D eigenvalue weighted by atomic mass is 127. The number of hydrogen-bond donors (Lipinski definition) is 0. The molecule has 0 amide bonds. The Kier molecular flexibility index (Phi) is 3.89. The van der Waals surface area contributed by atoms with Gasteiger partial charge in [-0.15, -0.1) is 0 Å². The van der Waals surface area contributed by atoms with Crippen LogP contribution in [-0.2, 0) is 11.2 Å². The molecule has 1 aliphatic rings. The minimum absolute atomic E-state index is 0.132. The average molecular weight is 448 g/mol. The number of benzene rings is 2. The van der Waals surface area contributed by atoms with Gasteiger partial charge < -0.3 is 0 Å². The molecule has 0 spiro atoms. The van der Waals surface area contributed by atoms with Gasteiger partial charge in [0.1, 0.15) is 11.6 Å². The van der Waals surface area contributed by atoms with Crippen LogP contribution in [0.25, 0.3) is 10.9 Å². The van der Waals surface area contributed by atoms with E-state index in [0.29, 0.717) is 21.8 Å². The van der Waals surface area contributed by atoms with E-state index in [1.807, 2.05) is 36.4 Å². The molecule has 1 atom stereocenters. The molecule has 0 aliphatic heterocycles. The Morgan fingerprint density at radius 3 is 2.67 bits per heavy atom. The van der Waals surface area contributed by atoms with Crippen LogP contribution in [0.1, 0.15) is 27.5 Å². The Morgan fingerprint density at radius 1 is 1.08 bits per heavy atom. The first-order valence-electron chi connectivity index (χ1n) is 7.45. The molecule has 1 aliphatic carbocycles. The van der Waals surface area contributed by atoms with Crippen molar-refractivity contribution < 1.29 is 9.59 Å². The molecule has 5 heteroatoms. The fourth-order valence-electron chi connectivity index (χ4n) is 3.13. The van der Waals surface area contributed by atoms with Crippen molar-refractivity contribution in [2.75, 3.05) is 0 Å². The van der Waals surface area contributed by atoms with Crippen LogP contribution < -0.4 is 0 Å². The molecule has 3 nitrogen and oxygen atoms in total. The number of pyridine rings is 1. The summed E-state index contributed by atoms with van der Waals surface area (Å²) in [5, 5.41) is 1.38. The van der Waals surface area contributed by atoms with Gasteiger partial charge >= 0.3 is 0 Å². The number of aromatic nitrogens is 1. The van der Waals surface area contributed by atoms with E-state index < -0.39 is 5.92 Å². The van der Waals surface area contributed by atoms with Crippen LogP contribution >= 0.6 is 34.2 Å². The largest absolute Gasteiger partial charge is 0.298 e. The Labute approximate surface area is 157 Å². The van der Waals surface area contributed by atoms with E-state index in [0.717, 1.165) is 14.5 Å². The van der Waals surface area contributed by atoms with Crippen LogP contribution in [0, 0.1) is 3.57 Å². The maximum Gasteiger partial charge on any atom is 0.196 e. The van der Waals surface area contributed by atoms with E-state index in [4.69, 9.17) is 11.6 Å². The third kappa shape index (κ3) is 2.54. The number of ketones is 2. The average Bonchev–Trinajstić information content (AvgIpc) is 2.55. The minimum Gasteiger partial charge on any atom is -0.298 e. The number of carbonyl (C=O) groups excluding carboxylic acids is 2. The van der Waals surface area contributed by atoms with Gasteiger partial charge in [-0.05, 0) is 58.0 Å². The molecule has 0 fully saturated rings. The zero-order chi connectivity index (χ0) is 16.8. The Bertz CT molecular complexity index is 1020. The summed E-state index contributed by atoms with van der Waals surface area (Å²) in [5.41, 5.74) is 2.40. The van der Waals surface area contributed by atoms with E-state index in [9.17, 15) is 9.59 Å². The summed E-state index contributed by atoms with van der Waals surface area (Å²) in [6, 6.07) is 14.9. The Morgan fingerprint density at radius 2 is 1.88 bits per heavy atom. The molecule has 24 heavy (non-hydrogen) atoms. The quantitative estimate of drug-likeness (QED) is 0.405. The SMILES string of the molecule is O=C1Cc2cc3ccccc3nc2C(=O)C1c1ccc(I)cc1Cl. The molecule has 0 radical (unpaired) electrons. The lowest BCUT2D eigenvalue weighted by Gasteiger charge is -2.23. The van der Waals surface area contributed by atoms with Crippen molar-refractivity contribution in [2.45, 2.75) is 12.3 Å². The number of fused-ring (bicyclic) bond motifs is 2. The molecular formula is C19H11ClINO2. The molecule has 4 rings (SSSR count). The smallest absolute Gasteiger partial charge is 0.196 e. The highest BCUT2D eigenvalue weighted by molar-refractivity contribution is 14.1. The monoisotopic (exact) mass is 447 g/mol. The lowest BCUT2D eigenvalue weighted by molar-refractivity contribution is -0.119. The van der Waals surface area contributed by atoms with Crippen molar-refractivity contribution >= 4 is 56.7 Å². The number of halogens is 2. The van der Waals surface area contributed by atoms with Gasteiger partial charge in [0.2, 0.25) is 0 Å². The van der Waals surface area contributed by atoms with Crippen molar-refractivity contribution in [1.82, 2.24) is 4.98 Å². The minimum atomic E-state index is -0.865. The zero-order valence-electron chi connectivity index (χ0n) is 12.4. The van der Waals surface area contributed by atoms with Crippen molar-refractivity contribution in [3.05, 3.63) is 73.9 Å². The summed E-state index contributed by atoms with van der Waals surface area (Å²) < 4.78 is 0.960. The zero-order valence-corrected chi connectivity index (χ0v) is 15.3. The number of Topliss-reactive ketones (excluding diaryl/α,β-unsaturated/α-hetero) is 2. The summed E-state index contributed by atoms with van der Waals surface area (Å²) in [6.45, 7) is 0. The number of hydrogen-bond acceptors (Lipinski definition) is 3. The first kappa shape index (κ1) is 15.7. The van der Waals surface area contributed by atoms with E-state index in [1.54, 1.807) is 12.1 Å². The second kappa shape index (κ2) is 5.93. The predicted molar refractivity (Wildman–Crippen MR) is 102 cm³/mol. The van der Waals surface area contributed by atoms with Gasteiger partial charge in [-0.25, -0.2) is 4.98 Å². The standard InChI is InChI=1S/C19H11ClINO2/c20-14-9-12(21)5-6-13(14)17-16(23)8-11-7-10-3-1-2-4-15(10)22-18(11)19(17)24/h1-7,9,17H,8H2. The molecule has 0 saturated carbocycles. The van der Waals surface area contributed by atoms with Crippen LogP contribution in [0.3, 0.4) is 0 Å². The lowest BCUT2D eigenvalue weighted by Crippen LogP contribution is -2.31. The highest BCUT2D eigenvalue weighted by Crippen LogP contribution is 2.35.